The number of piperidine rings is 1. The molecule has 2 aliphatic heterocycles. The zero-order chi connectivity index (χ0) is 40.9. The molecule has 3 amide bonds. The Balaban J connectivity index is 0.00000252. The molecule has 58 heavy (non-hydrogen) atoms. The summed E-state index contributed by atoms with van der Waals surface area (Å²) in [7, 11) is 2.07. The van der Waals surface area contributed by atoms with Gasteiger partial charge in [-0.05, 0) is 98.2 Å². The predicted octanol–water partition coefficient (Wildman–Crippen LogP) is 5.39. The predicted molar refractivity (Wildman–Crippen MR) is 224 cm³/mol. The van der Waals surface area contributed by atoms with Gasteiger partial charge in [-0.15, -0.1) is 6.58 Å². The highest BCUT2D eigenvalue weighted by molar-refractivity contribution is 6.05. The minimum absolute atomic E-state index is 0.168. The lowest BCUT2D eigenvalue weighted by atomic mass is 10.0. The van der Waals surface area contributed by atoms with Crippen molar-refractivity contribution in [2.24, 2.45) is 0 Å². The van der Waals surface area contributed by atoms with Gasteiger partial charge < -0.3 is 25.5 Å². The Kier molecular flexibility index (Phi) is 12.0. The van der Waals surface area contributed by atoms with Crippen molar-refractivity contribution in [2.75, 3.05) is 35.7 Å². The van der Waals surface area contributed by atoms with Crippen LogP contribution in [0.15, 0.2) is 78.2 Å². The number of hydrogen-bond donors (Lipinski definition) is 4. The van der Waals surface area contributed by atoms with Crippen molar-refractivity contribution in [1.82, 2.24) is 34.5 Å². The van der Waals surface area contributed by atoms with Gasteiger partial charge in [-0.25, -0.2) is 19.3 Å². The van der Waals surface area contributed by atoms with E-state index in [1.165, 1.54) is 10.9 Å². The van der Waals surface area contributed by atoms with Crippen molar-refractivity contribution in [3.63, 3.8) is 0 Å². The number of aliphatic hydroxyl groups excluding tert-OH is 1. The number of aromatic nitrogens is 5. The molecule has 0 spiro atoms. The fraction of sp³-hybridized carbons (Fsp3) is 0.372. The lowest BCUT2D eigenvalue weighted by Crippen LogP contribution is -2.52. The molecule has 15 heteroatoms. The molecule has 3 aliphatic rings. The van der Waals surface area contributed by atoms with Crippen LogP contribution in [0.2, 0.25) is 0 Å². The number of unbranched alkanes of at least 4 members (excludes halogenated alkanes) is 2. The smallest absolute Gasteiger partial charge is 0.278 e. The number of pyridine rings is 1. The molecule has 8 rings (SSSR count). The van der Waals surface area contributed by atoms with Crippen LogP contribution in [0, 0.1) is 0 Å². The summed E-state index contributed by atoms with van der Waals surface area (Å²) in [6.07, 6.45) is 7.54. The molecule has 2 unspecified atom stereocenters. The van der Waals surface area contributed by atoms with Crippen molar-refractivity contribution in [3.8, 4) is 5.82 Å². The first-order chi connectivity index (χ1) is 28.2. The maximum atomic E-state index is 13.4. The molecule has 302 valence electrons. The fourth-order valence-corrected chi connectivity index (χ4v) is 7.77. The first-order valence-electron chi connectivity index (χ1n) is 20.1. The van der Waals surface area contributed by atoms with Gasteiger partial charge in [0.25, 0.3) is 11.5 Å². The van der Waals surface area contributed by atoms with Crippen LogP contribution in [0.4, 0.5) is 23.0 Å². The van der Waals surface area contributed by atoms with Crippen molar-refractivity contribution in [1.29, 1.82) is 0 Å². The minimum Gasteiger partial charge on any atom is -0.387 e. The molecule has 1 fully saturated rings. The van der Waals surface area contributed by atoms with Crippen molar-refractivity contribution in [2.45, 2.75) is 84.0 Å². The van der Waals surface area contributed by atoms with Crippen LogP contribution in [-0.4, -0.2) is 78.2 Å². The average Bonchev–Trinajstić information content (AvgIpc) is 3.86. The molecule has 5 aromatic rings. The first kappa shape index (κ1) is 39.9. The molecule has 2 aromatic carbocycles. The molecule has 1 aliphatic carbocycles. The van der Waals surface area contributed by atoms with Crippen LogP contribution in [0.5, 0.6) is 0 Å². The van der Waals surface area contributed by atoms with Gasteiger partial charge in [-0.2, -0.15) is 4.98 Å². The third-order valence-electron chi connectivity index (χ3n) is 10.8. The number of nitrogens with one attached hydrogen (secondary N) is 3. The van der Waals surface area contributed by atoms with Crippen LogP contribution in [0.1, 0.15) is 85.7 Å². The molecule has 5 heterocycles. The lowest BCUT2D eigenvalue weighted by molar-refractivity contribution is -0.136. The number of hydrogen-bond acceptors (Lipinski definition) is 11. The SMILES string of the molecule is C=CCn1c(=O)c2cnc(Nc3ccc(N(C)CCCCCNc4ccc5c(c4)CN(C4CCC(=O)NC4=O)C5=O)cc3)nc2n1-c1ccc2c(n1)C(O)CC2.CC. The largest absolute Gasteiger partial charge is 0.387 e. The fourth-order valence-electron chi connectivity index (χ4n) is 7.77. The van der Waals surface area contributed by atoms with Crippen LogP contribution < -0.4 is 26.4 Å². The molecular formula is C43H50N10O5. The zero-order valence-corrected chi connectivity index (χ0v) is 33.2. The number of aliphatic hydroxyl groups is 1. The molecule has 15 nitrogen and oxygen atoms in total. The number of nitrogens with zero attached hydrogens (tertiary/aromatic N) is 7. The first-order valence-corrected chi connectivity index (χ1v) is 20.1. The van der Waals surface area contributed by atoms with E-state index in [9.17, 15) is 24.3 Å². The third-order valence-corrected chi connectivity index (χ3v) is 10.8. The second-order valence-corrected chi connectivity index (χ2v) is 14.5. The molecule has 0 radical (unpaired) electrons. The Morgan fingerprint density at radius 1 is 0.948 bits per heavy atom. The summed E-state index contributed by atoms with van der Waals surface area (Å²) in [6, 6.07) is 16.9. The van der Waals surface area contributed by atoms with E-state index in [2.05, 4.69) is 39.5 Å². The summed E-state index contributed by atoms with van der Waals surface area (Å²) >= 11 is 0. The Bertz CT molecular complexity index is 2410. The van der Waals surface area contributed by atoms with E-state index in [4.69, 9.17) is 9.97 Å². The second-order valence-electron chi connectivity index (χ2n) is 14.5. The molecule has 1 saturated heterocycles. The van der Waals surface area contributed by atoms with E-state index in [1.807, 2.05) is 68.4 Å². The van der Waals surface area contributed by atoms with Crippen molar-refractivity contribution >= 4 is 51.8 Å². The van der Waals surface area contributed by atoms with Crippen LogP contribution in [0.25, 0.3) is 16.9 Å². The highest BCUT2D eigenvalue weighted by atomic mass is 16.3. The number of amides is 3. The number of carbonyl (C=O) groups excluding carboxylic acids is 3. The summed E-state index contributed by atoms with van der Waals surface area (Å²) in [4.78, 5) is 67.9. The molecule has 0 saturated carbocycles. The number of allylic oxidation sites excluding steroid dienone is 1. The molecule has 3 aromatic heterocycles. The standard InChI is InChI=1S/C41H44N10O5.C2H6/c1-3-20-50-40(56)31-23-43-41(47-37(31)51(50)34-17-8-25-7-16-33(52)36(25)45-34)44-27-9-12-29(13-10-27)48(2)21-6-4-5-19-42-28-11-14-30-26(22-28)24-49(39(30)55)32-15-18-35(53)46-38(32)54;1-2/h3,8-14,17,22-23,32-33,42,52H,1,4-7,15-16,18-21,24H2,2H3,(H,43,44,47)(H,46,53,54);1-2H3. The van der Waals surface area contributed by atoms with Gasteiger partial charge in [0.05, 0.1) is 18.3 Å². The van der Waals surface area contributed by atoms with Crippen LogP contribution >= 0.6 is 0 Å². The van der Waals surface area contributed by atoms with Crippen molar-refractivity contribution in [3.05, 3.63) is 106 Å². The normalized spacial score (nSPS) is 17.0. The van der Waals surface area contributed by atoms with Crippen LogP contribution in [-0.2, 0) is 29.1 Å². The maximum absolute atomic E-state index is 13.4. The number of rotatable bonds is 14. The number of anilines is 4. The van der Waals surface area contributed by atoms with E-state index in [1.54, 1.807) is 15.7 Å². The van der Waals surface area contributed by atoms with Gasteiger partial charge in [0, 0.05) is 61.9 Å². The summed E-state index contributed by atoms with van der Waals surface area (Å²) in [5, 5.41) is 19.9. The number of fused-ring (bicyclic) bond motifs is 3. The maximum Gasteiger partial charge on any atom is 0.278 e. The quantitative estimate of drug-likeness (QED) is 0.0644. The Hall–Kier alpha value is -6.35. The van der Waals surface area contributed by atoms with Gasteiger partial charge in [0.2, 0.25) is 17.8 Å². The Morgan fingerprint density at radius 3 is 2.52 bits per heavy atom. The van der Waals surface area contributed by atoms with Crippen molar-refractivity contribution < 1.29 is 19.5 Å². The Labute approximate surface area is 336 Å². The van der Waals surface area contributed by atoms with E-state index in [0.29, 0.717) is 53.4 Å². The number of aryl methyl sites for hydroxylation is 1. The van der Waals surface area contributed by atoms with E-state index in [0.717, 1.165) is 67.0 Å². The number of carbonyl (C=O) groups is 3. The summed E-state index contributed by atoms with van der Waals surface area (Å²) in [5.74, 6) is -0.0398. The minimum atomic E-state index is -0.634. The van der Waals surface area contributed by atoms with Gasteiger partial charge in [0.1, 0.15) is 11.4 Å². The summed E-state index contributed by atoms with van der Waals surface area (Å²) in [5.41, 5.74) is 6.09. The van der Waals surface area contributed by atoms with Gasteiger partial charge in [-0.3, -0.25) is 24.5 Å². The van der Waals surface area contributed by atoms with Gasteiger partial charge in [-0.1, -0.05) is 26.0 Å². The van der Waals surface area contributed by atoms with E-state index >= 15 is 0 Å². The van der Waals surface area contributed by atoms with Crippen LogP contribution in [0.3, 0.4) is 0 Å². The van der Waals surface area contributed by atoms with E-state index < -0.39 is 18.1 Å². The average molecular weight is 787 g/mol. The summed E-state index contributed by atoms with van der Waals surface area (Å²) < 4.78 is 3.19. The molecule has 2 atom stereocenters. The topological polar surface area (TPSA) is 180 Å². The molecular weight excluding hydrogens is 737 g/mol. The molecule has 4 N–H and O–H groups in total. The lowest BCUT2D eigenvalue weighted by Gasteiger charge is -2.29. The highest BCUT2D eigenvalue weighted by Crippen LogP contribution is 2.32. The monoisotopic (exact) mass is 786 g/mol. The van der Waals surface area contributed by atoms with Gasteiger partial charge in [0.15, 0.2) is 11.5 Å². The number of imide groups is 1. The highest BCUT2D eigenvalue weighted by Gasteiger charge is 2.39. The Morgan fingerprint density at radius 2 is 1.74 bits per heavy atom. The van der Waals surface area contributed by atoms with E-state index in [-0.39, 0.29) is 30.3 Å². The van der Waals surface area contributed by atoms with Gasteiger partial charge >= 0.3 is 0 Å². The molecule has 0 bridgehead atoms. The zero-order valence-electron chi connectivity index (χ0n) is 33.2. The summed E-state index contributed by atoms with van der Waals surface area (Å²) in [6.45, 7) is 10.1. The second kappa shape index (κ2) is 17.4. The number of benzene rings is 2. The third kappa shape index (κ3) is 8.07.